The van der Waals surface area contributed by atoms with Crippen LogP contribution in [0.3, 0.4) is 0 Å². The molecule has 2 N–H and O–H groups in total. The van der Waals surface area contributed by atoms with Gasteiger partial charge >= 0.3 is 0 Å². The van der Waals surface area contributed by atoms with Crippen LogP contribution in [-0.4, -0.2) is 11.5 Å². The summed E-state index contributed by atoms with van der Waals surface area (Å²) in [4.78, 5) is 11.3. The molecule has 7 heteroatoms. The minimum atomic E-state index is -0.456. The van der Waals surface area contributed by atoms with E-state index in [0.29, 0.717) is 23.4 Å². The van der Waals surface area contributed by atoms with Gasteiger partial charge in [-0.1, -0.05) is 11.8 Å². The number of nitro groups is 1. The molecular weight excluding hydrogens is 356 g/mol. The molecule has 2 rings (SSSR count). The number of nitrogens with zero attached hydrogens (tertiary/aromatic N) is 1. The molecular formula is C14H11BrN2O3S. The van der Waals surface area contributed by atoms with E-state index in [1.54, 1.807) is 6.07 Å². The van der Waals surface area contributed by atoms with Crippen molar-refractivity contribution in [3.8, 4) is 17.6 Å². The van der Waals surface area contributed by atoms with Gasteiger partial charge in [0.15, 0.2) is 0 Å². The normalized spacial score (nSPS) is 9.81. The maximum Gasteiger partial charge on any atom is 0.273 e. The number of thiophene rings is 1. The summed E-state index contributed by atoms with van der Waals surface area (Å²) in [5.74, 6) is 6.19. The van der Waals surface area contributed by atoms with Gasteiger partial charge in [0.2, 0.25) is 0 Å². The van der Waals surface area contributed by atoms with Crippen LogP contribution in [0.1, 0.15) is 10.4 Å². The summed E-state index contributed by atoms with van der Waals surface area (Å²) < 4.78 is 6.32. The SMILES string of the molecule is NCC#Cc1ccsc1COc1cc([N+](=O)[O-])ccc1Br. The second-order valence-corrected chi connectivity index (χ2v) is 5.78. The Morgan fingerprint density at radius 2 is 2.24 bits per heavy atom. The molecule has 0 unspecified atom stereocenters. The molecule has 5 nitrogen and oxygen atoms in total. The largest absolute Gasteiger partial charge is 0.487 e. The Morgan fingerprint density at radius 3 is 2.95 bits per heavy atom. The summed E-state index contributed by atoms with van der Waals surface area (Å²) in [5, 5.41) is 12.7. The quantitative estimate of drug-likeness (QED) is 0.511. The molecule has 0 aliphatic heterocycles. The van der Waals surface area contributed by atoms with E-state index in [1.165, 1.54) is 23.5 Å². The van der Waals surface area contributed by atoms with Crippen LogP contribution in [0.5, 0.6) is 5.75 Å². The highest BCUT2D eigenvalue weighted by Crippen LogP contribution is 2.30. The lowest BCUT2D eigenvalue weighted by atomic mass is 10.2. The minimum Gasteiger partial charge on any atom is -0.487 e. The van der Waals surface area contributed by atoms with E-state index in [2.05, 4.69) is 27.8 Å². The Morgan fingerprint density at radius 1 is 1.43 bits per heavy atom. The average Bonchev–Trinajstić information content (AvgIpc) is 2.91. The maximum atomic E-state index is 10.8. The van der Waals surface area contributed by atoms with Crippen LogP contribution in [0.15, 0.2) is 34.1 Å². The van der Waals surface area contributed by atoms with Crippen LogP contribution in [0, 0.1) is 22.0 Å². The van der Waals surface area contributed by atoms with Gasteiger partial charge in [0.1, 0.15) is 12.4 Å². The number of rotatable bonds is 4. The maximum absolute atomic E-state index is 10.8. The smallest absolute Gasteiger partial charge is 0.273 e. The van der Waals surface area contributed by atoms with Gasteiger partial charge in [-0.05, 0) is 33.4 Å². The molecule has 2 aromatic rings. The van der Waals surface area contributed by atoms with Crippen molar-refractivity contribution in [2.45, 2.75) is 6.61 Å². The topological polar surface area (TPSA) is 78.4 Å². The first-order valence-electron chi connectivity index (χ1n) is 5.94. The van der Waals surface area contributed by atoms with Gasteiger partial charge in [-0.3, -0.25) is 10.1 Å². The fourth-order valence-corrected chi connectivity index (χ4v) is 2.67. The number of hydrogen-bond donors (Lipinski definition) is 1. The molecule has 0 radical (unpaired) electrons. The van der Waals surface area contributed by atoms with Crippen molar-refractivity contribution in [1.29, 1.82) is 0 Å². The zero-order valence-electron chi connectivity index (χ0n) is 10.8. The summed E-state index contributed by atoms with van der Waals surface area (Å²) >= 11 is 4.83. The molecule has 0 saturated heterocycles. The molecule has 0 amide bonds. The monoisotopic (exact) mass is 366 g/mol. The van der Waals surface area contributed by atoms with Gasteiger partial charge in [0, 0.05) is 11.6 Å². The number of non-ortho nitro benzene ring substituents is 1. The number of benzene rings is 1. The molecule has 0 bridgehead atoms. The van der Waals surface area contributed by atoms with Gasteiger partial charge in [0.05, 0.1) is 26.9 Å². The van der Waals surface area contributed by atoms with E-state index in [9.17, 15) is 10.1 Å². The fraction of sp³-hybridized carbons (Fsp3) is 0.143. The number of nitrogens with two attached hydrogens (primary N) is 1. The molecule has 1 aromatic carbocycles. The molecule has 1 heterocycles. The highest BCUT2D eigenvalue weighted by atomic mass is 79.9. The fourth-order valence-electron chi connectivity index (χ4n) is 1.57. The molecule has 0 aliphatic rings. The molecule has 0 aliphatic carbocycles. The first kappa shape index (κ1) is 15.5. The number of nitro benzene ring substituents is 1. The second kappa shape index (κ2) is 7.22. The van der Waals surface area contributed by atoms with E-state index >= 15 is 0 Å². The van der Waals surface area contributed by atoms with Crippen molar-refractivity contribution in [2.24, 2.45) is 5.73 Å². The molecule has 108 valence electrons. The number of halogens is 1. The van der Waals surface area contributed by atoms with Crippen LogP contribution in [0.25, 0.3) is 0 Å². The summed E-state index contributed by atoms with van der Waals surface area (Å²) in [6.45, 7) is 0.596. The van der Waals surface area contributed by atoms with Crippen LogP contribution in [0.4, 0.5) is 5.69 Å². The molecule has 1 aromatic heterocycles. The predicted octanol–water partition coefficient (Wildman–Crippen LogP) is 3.31. The molecule has 21 heavy (non-hydrogen) atoms. The zero-order valence-corrected chi connectivity index (χ0v) is 13.2. The van der Waals surface area contributed by atoms with Crippen molar-refractivity contribution in [1.82, 2.24) is 0 Å². The van der Waals surface area contributed by atoms with Crippen LogP contribution in [-0.2, 0) is 6.61 Å². The third-order valence-corrected chi connectivity index (χ3v) is 4.10. The average molecular weight is 367 g/mol. The summed E-state index contributed by atoms with van der Waals surface area (Å²) in [5.41, 5.74) is 6.21. The Hall–Kier alpha value is -1.88. The summed E-state index contributed by atoms with van der Waals surface area (Å²) in [6, 6.07) is 6.30. The first-order chi connectivity index (χ1) is 10.1. The minimum absolute atomic E-state index is 0.0115. The van der Waals surface area contributed by atoms with Gasteiger partial charge in [0.25, 0.3) is 5.69 Å². The van der Waals surface area contributed by atoms with Gasteiger partial charge in [-0.2, -0.15) is 0 Å². The Balaban J connectivity index is 2.15. The summed E-state index contributed by atoms with van der Waals surface area (Å²) in [7, 11) is 0. The van der Waals surface area contributed by atoms with E-state index in [0.717, 1.165) is 10.4 Å². The Kier molecular flexibility index (Phi) is 5.33. The van der Waals surface area contributed by atoms with Crippen LogP contribution < -0.4 is 10.5 Å². The lowest BCUT2D eigenvalue weighted by Gasteiger charge is -2.07. The third-order valence-electron chi connectivity index (χ3n) is 2.55. The molecule has 0 saturated carbocycles. The van der Waals surface area contributed by atoms with E-state index < -0.39 is 4.92 Å². The number of hydrogen-bond acceptors (Lipinski definition) is 5. The van der Waals surface area contributed by atoms with Crippen molar-refractivity contribution < 1.29 is 9.66 Å². The standard InChI is InChI=1S/C14H11BrN2O3S/c15-12-4-3-11(17(18)19)8-13(12)20-9-14-10(2-1-6-16)5-7-21-14/h3-5,7-8H,6,9,16H2. The van der Waals surface area contributed by atoms with E-state index in [-0.39, 0.29) is 5.69 Å². The summed E-state index contributed by atoms with van der Waals surface area (Å²) in [6.07, 6.45) is 0. The van der Waals surface area contributed by atoms with E-state index in [1.807, 2.05) is 11.4 Å². The van der Waals surface area contributed by atoms with E-state index in [4.69, 9.17) is 10.5 Å². The number of ether oxygens (including phenoxy) is 1. The highest BCUT2D eigenvalue weighted by molar-refractivity contribution is 9.10. The van der Waals surface area contributed by atoms with Gasteiger partial charge in [-0.25, -0.2) is 0 Å². The lowest BCUT2D eigenvalue weighted by Crippen LogP contribution is -1.97. The molecule has 0 spiro atoms. The Labute approximate surface area is 134 Å². The van der Waals surface area contributed by atoms with Crippen molar-refractivity contribution in [3.63, 3.8) is 0 Å². The second-order valence-electron chi connectivity index (χ2n) is 3.92. The molecule has 0 atom stereocenters. The van der Waals surface area contributed by atoms with Crippen LogP contribution >= 0.6 is 27.3 Å². The van der Waals surface area contributed by atoms with Crippen molar-refractivity contribution in [3.05, 3.63) is 54.7 Å². The Bertz CT molecular complexity index is 718. The van der Waals surface area contributed by atoms with Gasteiger partial charge < -0.3 is 10.5 Å². The predicted molar refractivity (Wildman–Crippen MR) is 85.4 cm³/mol. The lowest BCUT2D eigenvalue weighted by molar-refractivity contribution is -0.385. The zero-order chi connectivity index (χ0) is 15.2. The van der Waals surface area contributed by atoms with Crippen molar-refractivity contribution in [2.75, 3.05) is 6.54 Å². The molecule has 0 fully saturated rings. The highest BCUT2D eigenvalue weighted by Gasteiger charge is 2.11. The van der Waals surface area contributed by atoms with Crippen molar-refractivity contribution >= 4 is 33.0 Å². The first-order valence-corrected chi connectivity index (χ1v) is 7.61. The van der Waals surface area contributed by atoms with Gasteiger partial charge in [-0.15, -0.1) is 11.3 Å². The third kappa shape index (κ3) is 4.04. The van der Waals surface area contributed by atoms with Crippen LogP contribution in [0.2, 0.25) is 0 Å².